The molecule has 0 aliphatic rings. The van der Waals surface area contributed by atoms with E-state index in [0.29, 0.717) is 5.69 Å². The lowest BCUT2D eigenvalue weighted by atomic mass is 10.0. The van der Waals surface area contributed by atoms with Gasteiger partial charge in [0.15, 0.2) is 40.6 Å². The van der Waals surface area contributed by atoms with Crippen molar-refractivity contribution in [2.24, 2.45) is 0 Å². The third kappa shape index (κ3) is 5.31. The van der Waals surface area contributed by atoms with Crippen molar-refractivity contribution in [3.05, 3.63) is 80.9 Å². The van der Waals surface area contributed by atoms with Crippen molar-refractivity contribution in [1.29, 1.82) is 0 Å². The first-order chi connectivity index (χ1) is 17.6. The Bertz CT molecular complexity index is 1480. The van der Waals surface area contributed by atoms with Crippen LogP contribution in [0.2, 0.25) is 15.1 Å². The van der Waals surface area contributed by atoms with Gasteiger partial charge in [-0.1, -0.05) is 40.9 Å². The Balaban J connectivity index is 1.67. The average molecular weight is 574 g/mol. The van der Waals surface area contributed by atoms with Gasteiger partial charge in [0.2, 0.25) is 5.95 Å². The maximum Gasteiger partial charge on any atom is 0.229 e. The highest BCUT2D eigenvalue weighted by atomic mass is 35.5. The molecule has 13 heteroatoms. The van der Waals surface area contributed by atoms with Gasteiger partial charge in [-0.25, -0.2) is 22.5 Å². The second-order valence-electron chi connectivity index (χ2n) is 7.34. The van der Waals surface area contributed by atoms with Crippen molar-refractivity contribution >= 4 is 57.9 Å². The first-order valence-electron chi connectivity index (χ1n) is 10.2. The fourth-order valence-electron chi connectivity index (χ4n) is 3.39. The molecule has 0 bridgehead atoms. The summed E-state index contributed by atoms with van der Waals surface area (Å²) in [6.07, 6.45) is 0.920. The van der Waals surface area contributed by atoms with E-state index in [0.717, 1.165) is 18.3 Å². The third-order valence-corrected chi connectivity index (χ3v) is 6.02. The molecule has 1 heterocycles. The van der Waals surface area contributed by atoms with Crippen LogP contribution in [0.15, 0.2) is 42.6 Å². The molecule has 192 valence electrons. The number of rotatable bonds is 7. The number of methoxy groups -OCH3 is 2. The second-order valence-corrected chi connectivity index (χ2v) is 8.54. The summed E-state index contributed by atoms with van der Waals surface area (Å²) in [5.41, 5.74) is 0.301. The number of halogens is 7. The maximum atomic E-state index is 14.6. The number of nitrogens with one attached hydrogen (secondary N) is 2. The minimum atomic E-state index is -1.64. The lowest BCUT2D eigenvalue weighted by molar-refractivity contribution is 0.415. The summed E-state index contributed by atoms with van der Waals surface area (Å²) in [5.74, 6) is -5.22. The van der Waals surface area contributed by atoms with Crippen molar-refractivity contribution in [3.63, 3.8) is 0 Å². The molecule has 0 amide bonds. The summed E-state index contributed by atoms with van der Waals surface area (Å²) in [4.78, 5) is 8.01. The van der Waals surface area contributed by atoms with E-state index in [4.69, 9.17) is 44.3 Å². The molecule has 0 saturated heterocycles. The Labute approximate surface area is 223 Å². The predicted molar refractivity (Wildman–Crippen MR) is 135 cm³/mol. The molecule has 1 aromatic heterocycles. The van der Waals surface area contributed by atoms with Gasteiger partial charge in [-0.2, -0.15) is 4.98 Å². The Morgan fingerprint density at radius 1 is 0.757 bits per heavy atom. The van der Waals surface area contributed by atoms with Gasteiger partial charge in [0.25, 0.3) is 0 Å². The molecule has 0 atom stereocenters. The molecule has 0 fully saturated rings. The molecular formula is C24H15Cl3F4N4O2. The van der Waals surface area contributed by atoms with Crippen molar-refractivity contribution < 1.29 is 27.0 Å². The van der Waals surface area contributed by atoms with Crippen LogP contribution in [0.4, 0.5) is 40.7 Å². The summed E-state index contributed by atoms with van der Waals surface area (Å²) in [7, 11) is 2.70. The zero-order valence-corrected chi connectivity index (χ0v) is 21.2. The molecule has 37 heavy (non-hydrogen) atoms. The van der Waals surface area contributed by atoms with Gasteiger partial charge >= 0.3 is 0 Å². The number of benzene rings is 3. The molecule has 0 aliphatic carbocycles. The van der Waals surface area contributed by atoms with Crippen LogP contribution in [0, 0.1) is 23.3 Å². The Morgan fingerprint density at radius 3 is 2.05 bits per heavy atom. The van der Waals surface area contributed by atoms with E-state index < -0.39 is 23.3 Å². The smallest absolute Gasteiger partial charge is 0.229 e. The van der Waals surface area contributed by atoms with Gasteiger partial charge in [-0.15, -0.1) is 0 Å². The Hall–Kier alpha value is -3.47. The summed E-state index contributed by atoms with van der Waals surface area (Å²) in [6.45, 7) is 0. The van der Waals surface area contributed by atoms with Crippen LogP contribution in [0.25, 0.3) is 11.1 Å². The van der Waals surface area contributed by atoms with Gasteiger partial charge in [0.1, 0.15) is 0 Å². The highest BCUT2D eigenvalue weighted by Crippen LogP contribution is 2.43. The maximum absolute atomic E-state index is 14.6. The van der Waals surface area contributed by atoms with Crippen LogP contribution >= 0.6 is 34.8 Å². The summed E-state index contributed by atoms with van der Waals surface area (Å²) >= 11 is 18.7. The molecule has 3 aromatic carbocycles. The number of nitrogens with zero attached hydrogens (tertiary/aromatic N) is 2. The third-order valence-electron chi connectivity index (χ3n) is 5.08. The topological polar surface area (TPSA) is 68.3 Å². The lowest BCUT2D eigenvalue weighted by Gasteiger charge is -2.16. The highest BCUT2D eigenvalue weighted by molar-refractivity contribution is 6.37. The van der Waals surface area contributed by atoms with E-state index in [1.807, 2.05) is 0 Å². The first-order valence-corrected chi connectivity index (χ1v) is 11.4. The minimum Gasteiger partial charge on any atom is -0.494 e. The van der Waals surface area contributed by atoms with Gasteiger partial charge in [-0.05, 0) is 30.3 Å². The summed E-state index contributed by atoms with van der Waals surface area (Å²) in [6, 6.07) is 7.58. The summed E-state index contributed by atoms with van der Waals surface area (Å²) < 4.78 is 66.4. The first kappa shape index (κ1) is 26.6. The monoisotopic (exact) mass is 572 g/mol. The molecule has 4 rings (SSSR count). The van der Waals surface area contributed by atoms with Crippen LogP contribution in [0.3, 0.4) is 0 Å². The normalized spacial score (nSPS) is 10.8. The lowest BCUT2D eigenvalue weighted by Crippen LogP contribution is -2.05. The fourth-order valence-corrected chi connectivity index (χ4v) is 4.38. The largest absolute Gasteiger partial charge is 0.494 e. The van der Waals surface area contributed by atoms with Crippen LogP contribution in [0.1, 0.15) is 0 Å². The highest BCUT2D eigenvalue weighted by Gasteiger charge is 2.21. The Kier molecular flexibility index (Phi) is 7.82. The molecule has 6 nitrogen and oxygen atoms in total. The molecule has 0 aliphatic heterocycles. The molecular weight excluding hydrogens is 559 g/mol. The zero-order valence-electron chi connectivity index (χ0n) is 18.9. The van der Waals surface area contributed by atoms with Gasteiger partial charge in [0, 0.05) is 16.8 Å². The molecule has 0 saturated carbocycles. The quantitative estimate of drug-likeness (QED) is 0.172. The minimum absolute atomic E-state index is 0.00765. The molecule has 0 radical (unpaired) electrons. The van der Waals surface area contributed by atoms with Crippen LogP contribution in [-0.2, 0) is 0 Å². The van der Waals surface area contributed by atoms with Crippen molar-refractivity contribution in [3.8, 4) is 22.6 Å². The van der Waals surface area contributed by atoms with Crippen molar-refractivity contribution in [1.82, 2.24) is 9.97 Å². The van der Waals surface area contributed by atoms with E-state index >= 15 is 0 Å². The standard InChI is InChI=1S/C24H15Cl3F4N4O2/c1-36-21-13(25)7-10(8-14(21)26)33-24-32-9-16(29)23(35-24)34-17-6-4-11(18(27)22(17)37-2)12-3-5-15(28)20(31)19(12)30/h3-9H,1-2H3,(H2,32,33,34,35). The fraction of sp³-hybridized carbons (Fsp3) is 0.0833. The van der Waals surface area contributed by atoms with Gasteiger partial charge < -0.3 is 20.1 Å². The summed E-state index contributed by atoms with van der Waals surface area (Å²) in [5, 5.41) is 5.93. The van der Waals surface area contributed by atoms with Crippen molar-refractivity contribution in [2.75, 3.05) is 24.9 Å². The zero-order chi connectivity index (χ0) is 26.9. The van der Waals surface area contributed by atoms with E-state index in [2.05, 4.69) is 20.6 Å². The van der Waals surface area contributed by atoms with Crippen LogP contribution in [0.5, 0.6) is 11.5 Å². The molecule has 0 spiro atoms. The number of aromatic nitrogens is 2. The van der Waals surface area contributed by atoms with Crippen LogP contribution < -0.4 is 20.1 Å². The van der Waals surface area contributed by atoms with Crippen LogP contribution in [-0.4, -0.2) is 24.2 Å². The van der Waals surface area contributed by atoms with E-state index in [9.17, 15) is 17.6 Å². The molecule has 4 aromatic rings. The number of ether oxygens (including phenoxy) is 2. The second kappa shape index (κ2) is 10.9. The number of hydrogen-bond donors (Lipinski definition) is 2. The Morgan fingerprint density at radius 2 is 1.41 bits per heavy atom. The average Bonchev–Trinajstić information content (AvgIpc) is 2.85. The van der Waals surface area contributed by atoms with Gasteiger partial charge in [0.05, 0.1) is 41.2 Å². The van der Waals surface area contributed by atoms with Gasteiger partial charge in [-0.3, -0.25) is 0 Å². The SMILES string of the molecule is COc1c(Cl)cc(Nc2ncc(F)c(Nc3ccc(-c4ccc(F)c(F)c4F)c(Cl)c3OC)n2)cc1Cl. The number of hydrogen-bond acceptors (Lipinski definition) is 6. The van der Waals surface area contributed by atoms with Crippen molar-refractivity contribution in [2.45, 2.75) is 0 Å². The number of anilines is 4. The van der Waals surface area contributed by atoms with E-state index in [1.54, 1.807) is 0 Å². The predicted octanol–water partition coefficient (Wildman–Crippen LogP) is 8.16. The molecule has 2 N–H and O–H groups in total. The van der Waals surface area contributed by atoms with E-state index in [1.165, 1.54) is 38.5 Å². The van der Waals surface area contributed by atoms with E-state index in [-0.39, 0.29) is 55.1 Å². The molecule has 0 unspecified atom stereocenters.